The molecular formula is C18H16ClFN2O. The number of nitrogens with zero attached hydrogens (tertiary/aromatic N) is 1. The van der Waals surface area contributed by atoms with Gasteiger partial charge in [-0.3, -0.25) is 4.79 Å². The van der Waals surface area contributed by atoms with Crippen molar-refractivity contribution in [2.45, 2.75) is 6.42 Å². The highest BCUT2D eigenvalue weighted by Crippen LogP contribution is 2.21. The van der Waals surface area contributed by atoms with E-state index >= 15 is 0 Å². The Hall–Kier alpha value is -2.33. The van der Waals surface area contributed by atoms with Crippen LogP contribution in [0.5, 0.6) is 0 Å². The Morgan fingerprint density at radius 1 is 1.22 bits per heavy atom. The third-order valence-corrected chi connectivity index (χ3v) is 4.13. The van der Waals surface area contributed by atoms with E-state index in [9.17, 15) is 9.18 Å². The van der Waals surface area contributed by atoms with Gasteiger partial charge in [-0.15, -0.1) is 0 Å². The second-order valence-corrected chi connectivity index (χ2v) is 5.83. The third-order valence-electron chi connectivity index (χ3n) is 3.88. The minimum atomic E-state index is -0.321. The molecule has 1 heterocycles. The maximum atomic E-state index is 13.8. The Morgan fingerprint density at radius 2 is 1.96 bits per heavy atom. The smallest absolute Gasteiger partial charge is 0.267 e. The van der Waals surface area contributed by atoms with Gasteiger partial charge < -0.3 is 9.88 Å². The first-order valence-electron chi connectivity index (χ1n) is 7.33. The number of nitrogens with one attached hydrogen (secondary N) is 1. The van der Waals surface area contributed by atoms with Crippen LogP contribution in [0.3, 0.4) is 0 Å². The Kier molecular flexibility index (Phi) is 4.35. The van der Waals surface area contributed by atoms with Crippen molar-refractivity contribution in [3.05, 3.63) is 70.6 Å². The van der Waals surface area contributed by atoms with E-state index in [1.165, 1.54) is 6.07 Å². The summed E-state index contributed by atoms with van der Waals surface area (Å²) in [7, 11) is 1.76. The van der Waals surface area contributed by atoms with Crippen LogP contribution in [-0.4, -0.2) is 17.0 Å². The lowest BCUT2D eigenvalue weighted by atomic mass is 10.1. The van der Waals surface area contributed by atoms with Gasteiger partial charge in [-0.2, -0.15) is 0 Å². The van der Waals surface area contributed by atoms with Crippen LogP contribution in [-0.2, 0) is 13.5 Å². The average molecular weight is 331 g/mol. The van der Waals surface area contributed by atoms with Crippen LogP contribution in [0.4, 0.5) is 4.39 Å². The number of amides is 1. The molecule has 1 aromatic heterocycles. The standard InChI is InChI=1S/C18H16ClFN2O/c1-22-16-4-2-3-15(20)14(16)11-17(22)18(23)21-10-9-12-5-7-13(19)8-6-12/h2-8,11H,9-10H2,1H3,(H,21,23). The van der Waals surface area contributed by atoms with Crippen LogP contribution in [0.25, 0.3) is 10.9 Å². The number of carbonyl (C=O) groups excluding carboxylic acids is 1. The Labute approximate surface area is 138 Å². The summed E-state index contributed by atoms with van der Waals surface area (Å²) in [6, 6.07) is 13.9. The number of carbonyl (C=O) groups is 1. The summed E-state index contributed by atoms with van der Waals surface area (Å²) < 4.78 is 15.5. The first kappa shape index (κ1) is 15.6. The lowest BCUT2D eigenvalue weighted by molar-refractivity contribution is 0.0946. The van der Waals surface area contributed by atoms with Crippen molar-refractivity contribution in [1.29, 1.82) is 0 Å². The molecule has 0 aliphatic rings. The Morgan fingerprint density at radius 3 is 2.65 bits per heavy atom. The average Bonchev–Trinajstić information content (AvgIpc) is 2.88. The molecule has 0 unspecified atom stereocenters. The molecule has 1 N–H and O–H groups in total. The molecule has 5 heteroatoms. The van der Waals surface area contributed by atoms with E-state index in [-0.39, 0.29) is 11.7 Å². The predicted molar refractivity (Wildman–Crippen MR) is 90.4 cm³/mol. The topological polar surface area (TPSA) is 34.0 Å². The number of aryl methyl sites for hydroxylation is 1. The minimum absolute atomic E-state index is 0.211. The van der Waals surface area contributed by atoms with Gasteiger partial charge >= 0.3 is 0 Å². The van der Waals surface area contributed by atoms with E-state index in [0.29, 0.717) is 34.6 Å². The number of rotatable bonds is 4. The Balaban J connectivity index is 1.70. The fourth-order valence-corrected chi connectivity index (χ4v) is 2.73. The van der Waals surface area contributed by atoms with Crippen LogP contribution in [0.2, 0.25) is 5.02 Å². The molecule has 0 aliphatic heterocycles. The SMILES string of the molecule is Cn1c(C(=O)NCCc2ccc(Cl)cc2)cc2c(F)cccc21. The van der Waals surface area contributed by atoms with E-state index < -0.39 is 0 Å². The maximum absolute atomic E-state index is 13.8. The molecule has 0 aliphatic carbocycles. The largest absolute Gasteiger partial charge is 0.350 e. The monoisotopic (exact) mass is 330 g/mol. The van der Waals surface area contributed by atoms with E-state index in [0.717, 1.165) is 5.56 Å². The van der Waals surface area contributed by atoms with Gasteiger partial charge in [0.25, 0.3) is 5.91 Å². The van der Waals surface area contributed by atoms with Crippen LogP contribution in [0.1, 0.15) is 16.1 Å². The van der Waals surface area contributed by atoms with Crippen molar-refractivity contribution in [3.63, 3.8) is 0 Å². The number of hydrogen-bond donors (Lipinski definition) is 1. The number of benzene rings is 2. The second kappa shape index (κ2) is 6.42. The van der Waals surface area contributed by atoms with Crippen LogP contribution in [0, 0.1) is 5.82 Å². The molecule has 0 fully saturated rings. The van der Waals surface area contributed by atoms with E-state index in [2.05, 4.69) is 5.32 Å². The third kappa shape index (κ3) is 3.22. The molecule has 0 saturated carbocycles. The van der Waals surface area contributed by atoms with E-state index in [1.54, 1.807) is 29.8 Å². The molecular weight excluding hydrogens is 315 g/mol. The van der Waals surface area contributed by atoms with E-state index in [4.69, 9.17) is 11.6 Å². The van der Waals surface area contributed by atoms with E-state index in [1.807, 2.05) is 24.3 Å². The summed E-state index contributed by atoms with van der Waals surface area (Å²) in [5.74, 6) is -0.532. The Bertz CT molecular complexity index is 855. The molecule has 3 nitrogen and oxygen atoms in total. The highest BCUT2D eigenvalue weighted by Gasteiger charge is 2.14. The summed E-state index contributed by atoms with van der Waals surface area (Å²) in [6.45, 7) is 0.504. The minimum Gasteiger partial charge on any atom is -0.350 e. The van der Waals surface area contributed by atoms with Gasteiger partial charge in [0.2, 0.25) is 0 Å². The van der Waals surface area contributed by atoms with Gasteiger partial charge in [0.05, 0.1) is 5.52 Å². The summed E-state index contributed by atoms with van der Waals surface area (Å²) >= 11 is 5.84. The highest BCUT2D eigenvalue weighted by molar-refractivity contribution is 6.30. The van der Waals surface area contributed by atoms with Crippen LogP contribution < -0.4 is 5.32 Å². The first-order chi connectivity index (χ1) is 11.1. The zero-order valence-corrected chi connectivity index (χ0v) is 13.4. The molecule has 2 aromatic carbocycles. The van der Waals surface area contributed by atoms with Crippen molar-refractivity contribution >= 4 is 28.4 Å². The number of aromatic nitrogens is 1. The fourth-order valence-electron chi connectivity index (χ4n) is 2.60. The van der Waals surface area contributed by atoms with Gasteiger partial charge in [0, 0.05) is 24.0 Å². The molecule has 0 spiro atoms. The lowest BCUT2D eigenvalue weighted by Crippen LogP contribution is -2.27. The fraction of sp³-hybridized carbons (Fsp3) is 0.167. The number of halogens is 2. The van der Waals surface area contributed by atoms with Gasteiger partial charge in [-0.25, -0.2) is 4.39 Å². The summed E-state index contributed by atoms with van der Waals surface area (Å²) in [5, 5.41) is 4.01. The van der Waals surface area contributed by atoms with Crippen molar-refractivity contribution in [2.24, 2.45) is 7.05 Å². The van der Waals surface area contributed by atoms with Crippen molar-refractivity contribution < 1.29 is 9.18 Å². The summed E-state index contributed by atoms with van der Waals surface area (Å²) in [4.78, 5) is 12.3. The molecule has 0 bridgehead atoms. The van der Waals surface area contributed by atoms with Crippen molar-refractivity contribution in [3.8, 4) is 0 Å². The quantitative estimate of drug-likeness (QED) is 0.772. The first-order valence-corrected chi connectivity index (χ1v) is 7.70. The second-order valence-electron chi connectivity index (χ2n) is 5.39. The zero-order valence-electron chi connectivity index (χ0n) is 12.6. The molecule has 23 heavy (non-hydrogen) atoms. The highest BCUT2D eigenvalue weighted by atomic mass is 35.5. The predicted octanol–water partition coefficient (Wildman–Crippen LogP) is 3.94. The molecule has 1 amide bonds. The summed E-state index contributed by atoms with van der Waals surface area (Å²) in [6.07, 6.45) is 0.710. The zero-order chi connectivity index (χ0) is 16.4. The number of fused-ring (bicyclic) bond motifs is 1. The molecule has 3 rings (SSSR count). The van der Waals surface area contributed by atoms with Crippen molar-refractivity contribution in [1.82, 2.24) is 9.88 Å². The molecule has 0 radical (unpaired) electrons. The normalized spacial score (nSPS) is 10.9. The van der Waals surface area contributed by atoms with Gasteiger partial charge in [-0.05, 0) is 42.3 Å². The van der Waals surface area contributed by atoms with Crippen molar-refractivity contribution in [2.75, 3.05) is 6.54 Å². The van der Waals surface area contributed by atoms with Gasteiger partial charge in [-0.1, -0.05) is 29.8 Å². The molecule has 118 valence electrons. The molecule has 3 aromatic rings. The molecule has 0 saturated heterocycles. The van der Waals surface area contributed by atoms with Gasteiger partial charge in [0.1, 0.15) is 11.5 Å². The van der Waals surface area contributed by atoms with Crippen LogP contribution >= 0.6 is 11.6 Å². The maximum Gasteiger partial charge on any atom is 0.267 e. The number of hydrogen-bond acceptors (Lipinski definition) is 1. The van der Waals surface area contributed by atoms with Gasteiger partial charge in [0.15, 0.2) is 0 Å². The van der Waals surface area contributed by atoms with Crippen LogP contribution in [0.15, 0.2) is 48.5 Å². The summed E-state index contributed by atoms with van der Waals surface area (Å²) in [5.41, 5.74) is 2.24. The lowest BCUT2D eigenvalue weighted by Gasteiger charge is -2.07. The molecule has 0 atom stereocenters.